The number of methoxy groups -OCH3 is 1. The van der Waals surface area contributed by atoms with Crippen molar-refractivity contribution in [3.8, 4) is 50.3 Å². The van der Waals surface area contributed by atoms with Crippen LogP contribution in [-0.4, -0.2) is 7.11 Å². The largest absolute Gasteiger partial charge is 0.497 e. The van der Waals surface area contributed by atoms with Gasteiger partial charge in [-0.2, -0.15) is 0 Å². The predicted molar refractivity (Wildman–Crippen MR) is 194 cm³/mol. The van der Waals surface area contributed by atoms with Gasteiger partial charge < -0.3 is 9.64 Å². The molecule has 0 N–H and O–H groups in total. The lowest BCUT2D eigenvalue weighted by Gasteiger charge is -2.31. The second-order valence-electron chi connectivity index (χ2n) is 11.4. The van der Waals surface area contributed by atoms with Gasteiger partial charge in [0.15, 0.2) is 0 Å². The molecule has 0 aliphatic rings. The highest BCUT2D eigenvalue weighted by molar-refractivity contribution is 6.00. The minimum atomic E-state index is 0.824. The molecule has 2 nitrogen and oxygen atoms in total. The van der Waals surface area contributed by atoms with E-state index >= 15 is 0 Å². The normalized spacial score (nSPS) is 10.8. The van der Waals surface area contributed by atoms with Gasteiger partial charge in [-0.15, -0.1) is 0 Å². The lowest BCUT2D eigenvalue weighted by Crippen LogP contribution is -2.13. The third-order valence-electron chi connectivity index (χ3n) is 8.49. The maximum atomic E-state index is 5.58. The van der Waals surface area contributed by atoms with Crippen molar-refractivity contribution in [1.82, 2.24) is 0 Å². The first kappa shape index (κ1) is 28.9. The minimum absolute atomic E-state index is 0.824. The van der Waals surface area contributed by atoms with E-state index in [1.165, 1.54) is 27.8 Å². The van der Waals surface area contributed by atoms with E-state index in [-0.39, 0.29) is 0 Å². The van der Waals surface area contributed by atoms with Crippen LogP contribution in [0.1, 0.15) is 5.56 Å². The monoisotopic (exact) mass is 593 g/mol. The maximum Gasteiger partial charge on any atom is 0.119 e. The van der Waals surface area contributed by atoms with Crippen LogP contribution < -0.4 is 9.64 Å². The van der Waals surface area contributed by atoms with E-state index in [1.54, 1.807) is 7.11 Å². The summed E-state index contributed by atoms with van der Waals surface area (Å²) in [6.07, 6.45) is 0. The molecule has 0 aliphatic heterocycles. The molecule has 0 unspecified atom stereocenters. The van der Waals surface area contributed by atoms with Crippen molar-refractivity contribution >= 4 is 17.1 Å². The number of hydrogen-bond acceptors (Lipinski definition) is 2. The summed E-state index contributed by atoms with van der Waals surface area (Å²) in [5.74, 6) is 0.824. The maximum absolute atomic E-state index is 5.58. The number of ether oxygens (including phenoxy) is 1. The SMILES string of the molecule is COc1ccc(N(c2ccc(-c3ccccc3)c(C)c2)c2c(-c3ccccc3)cc(-c3ccccc3)cc2-c2ccccc2)cc1. The zero-order valence-electron chi connectivity index (χ0n) is 26.1. The molecule has 0 spiro atoms. The number of rotatable bonds is 8. The van der Waals surface area contributed by atoms with Crippen LogP contribution in [0.3, 0.4) is 0 Å². The molecule has 0 heterocycles. The number of aryl methyl sites for hydroxylation is 1. The summed E-state index contributed by atoms with van der Waals surface area (Å²) in [6, 6.07) is 62.6. The summed E-state index contributed by atoms with van der Waals surface area (Å²) >= 11 is 0. The number of hydrogen-bond donors (Lipinski definition) is 0. The fourth-order valence-electron chi connectivity index (χ4n) is 6.22. The lowest BCUT2D eigenvalue weighted by molar-refractivity contribution is 0.415. The molecule has 0 aromatic heterocycles. The predicted octanol–water partition coefficient (Wildman–Crippen LogP) is 12.1. The Morgan fingerprint density at radius 2 is 0.826 bits per heavy atom. The van der Waals surface area contributed by atoms with Crippen molar-refractivity contribution in [3.05, 3.63) is 181 Å². The Bertz CT molecular complexity index is 1990. The van der Waals surface area contributed by atoms with Gasteiger partial charge in [-0.25, -0.2) is 0 Å². The summed E-state index contributed by atoms with van der Waals surface area (Å²) in [5.41, 5.74) is 13.9. The molecule has 0 amide bonds. The summed E-state index contributed by atoms with van der Waals surface area (Å²) in [6.45, 7) is 2.20. The van der Waals surface area contributed by atoms with Crippen LogP contribution in [0.15, 0.2) is 176 Å². The Morgan fingerprint density at radius 1 is 0.391 bits per heavy atom. The van der Waals surface area contributed by atoms with Crippen molar-refractivity contribution in [2.24, 2.45) is 0 Å². The molecule has 0 saturated carbocycles. The summed E-state index contributed by atoms with van der Waals surface area (Å²) in [5, 5.41) is 0. The van der Waals surface area contributed by atoms with Crippen LogP contribution in [0.25, 0.3) is 44.5 Å². The van der Waals surface area contributed by atoms with Crippen molar-refractivity contribution < 1.29 is 4.74 Å². The molecule has 0 atom stereocenters. The van der Waals surface area contributed by atoms with E-state index in [4.69, 9.17) is 4.74 Å². The van der Waals surface area contributed by atoms with E-state index in [2.05, 4.69) is 176 Å². The smallest absolute Gasteiger partial charge is 0.119 e. The second-order valence-corrected chi connectivity index (χ2v) is 11.4. The van der Waals surface area contributed by atoms with Gasteiger partial charge in [-0.05, 0) is 94.4 Å². The Labute approximate surface area is 271 Å². The fourth-order valence-corrected chi connectivity index (χ4v) is 6.22. The molecule has 46 heavy (non-hydrogen) atoms. The van der Waals surface area contributed by atoms with Crippen molar-refractivity contribution in [1.29, 1.82) is 0 Å². The third-order valence-corrected chi connectivity index (χ3v) is 8.49. The van der Waals surface area contributed by atoms with Crippen LogP contribution in [0.5, 0.6) is 5.75 Å². The van der Waals surface area contributed by atoms with Gasteiger partial charge in [0.2, 0.25) is 0 Å². The van der Waals surface area contributed by atoms with E-state index in [0.29, 0.717) is 0 Å². The van der Waals surface area contributed by atoms with E-state index in [0.717, 1.165) is 45.1 Å². The summed E-state index contributed by atoms with van der Waals surface area (Å²) < 4.78 is 5.58. The first-order chi connectivity index (χ1) is 22.7. The van der Waals surface area contributed by atoms with Gasteiger partial charge >= 0.3 is 0 Å². The standard InChI is InChI=1S/C44H35NO/c1-32-29-39(25-28-41(32)34-17-9-4-10-18-34)45(38-23-26-40(46-2)27-24-38)44-42(35-19-11-5-12-20-35)30-37(33-15-7-3-8-16-33)31-43(44)36-21-13-6-14-22-36/h3-31H,1-2H3. The lowest BCUT2D eigenvalue weighted by atomic mass is 9.89. The zero-order valence-corrected chi connectivity index (χ0v) is 26.1. The first-order valence-electron chi connectivity index (χ1n) is 15.6. The number of anilines is 3. The molecular formula is C44H35NO. The molecule has 0 saturated heterocycles. The van der Waals surface area contributed by atoms with Gasteiger partial charge in [-0.1, -0.05) is 127 Å². The molecule has 0 aliphatic carbocycles. The second kappa shape index (κ2) is 13.0. The molecule has 7 aromatic rings. The Balaban J connectivity index is 1.55. The molecule has 0 radical (unpaired) electrons. The molecule has 0 fully saturated rings. The van der Waals surface area contributed by atoms with Crippen LogP contribution in [0, 0.1) is 6.92 Å². The highest BCUT2D eigenvalue weighted by Crippen LogP contribution is 2.49. The van der Waals surface area contributed by atoms with Gasteiger partial charge in [-0.3, -0.25) is 0 Å². The average Bonchev–Trinajstić information content (AvgIpc) is 3.13. The molecule has 7 rings (SSSR count). The molecule has 222 valence electrons. The fraction of sp³-hybridized carbons (Fsp3) is 0.0455. The Hall–Kier alpha value is -5.86. The average molecular weight is 594 g/mol. The van der Waals surface area contributed by atoms with Gasteiger partial charge in [0.25, 0.3) is 0 Å². The molecule has 2 heteroatoms. The van der Waals surface area contributed by atoms with Crippen LogP contribution >= 0.6 is 0 Å². The highest BCUT2D eigenvalue weighted by atomic mass is 16.5. The van der Waals surface area contributed by atoms with Crippen molar-refractivity contribution in [2.45, 2.75) is 6.92 Å². The highest BCUT2D eigenvalue weighted by Gasteiger charge is 2.24. The summed E-state index contributed by atoms with van der Waals surface area (Å²) in [7, 11) is 1.71. The molecule has 7 aromatic carbocycles. The van der Waals surface area contributed by atoms with E-state index < -0.39 is 0 Å². The van der Waals surface area contributed by atoms with Crippen LogP contribution in [0.2, 0.25) is 0 Å². The van der Waals surface area contributed by atoms with Crippen molar-refractivity contribution in [3.63, 3.8) is 0 Å². The van der Waals surface area contributed by atoms with Gasteiger partial charge in [0, 0.05) is 22.5 Å². The summed E-state index contributed by atoms with van der Waals surface area (Å²) in [4.78, 5) is 2.40. The number of nitrogens with zero attached hydrogens (tertiary/aromatic N) is 1. The Morgan fingerprint density at radius 3 is 1.28 bits per heavy atom. The van der Waals surface area contributed by atoms with E-state index in [1.807, 2.05) is 12.1 Å². The van der Waals surface area contributed by atoms with Crippen molar-refractivity contribution in [2.75, 3.05) is 12.0 Å². The quantitative estimate of drug-likeness (QED) is 0.174. The third kappa shape index (κ3) is 5.81. The zero-order chi connectivity index (χ0) is 31.3. The van der Waals surface area contributed by atoms with Crippen LogP contribution in [0.4, 0.5) is 17.1 Å². The minimum Gasteiger partial charge on any atom is -0.497 e. The van der Waals surface area contributed by atoms with Crippen LogP contribution in [-0.2, 0) is 0 Å². The Kier molecular flexibility index (Phi) is 8.17. The molecule has 0 bridgehead atoms. The van der Waals surface area contributed by atoms with Gasteiger partial charge in [0.1, 0.15) is 5.75 Å². The van der Waals surface area contributed by atoms with Gasteiger partial charge in [0.05, 0.1) is 12.8 Å². The molecular weight excluding hydrogens is 558 g/mol. The number of benzene rings is 7. The van der Waals surface area contributed by atoms with E-state index in [9.17, 15) is 0 Å². The topological polar surface area (TPSA) is 12.5 Å². The first-order valence-corrected chi connectivity index (χ1v) is 15.6.